The molecule has 0 saturated heterocycles. The van der Waals surface area contributed by atoms with Crippen molar-refractivity contribution in [2.45, 2.75) is 39.3 Å². The minimum absolute atomic E-state index is 0.0730. The summed E-state index contributed by atoms with van der Waals surface area (Å²) in [4.78, 5) is 12.5. The number of hydrogen-bond acceptors (Lipinski definition) is 4. The maximum Gasteiger partial charge on any atom is 0.225 e. The van der Waals surface area contributed by atoms with E-state index in [4.69, 9.17) is 14.2 Å². The Hall–Kier alpha value is -2.69. The number of benzene rings is 2. The van der Waals surface area contributed by atoms with Crippen molar-refractivity contribution < 1.29 is 19.0 Å². The van der Waals surface area contributed by atoms with E-state index in [0.29, 0.717) is 11.5 Å². The zero-order valence-corrected chi connectivity index (χ0v) is 16.0. The Morgan fingerprint density at radius 3 is 2.42 bits per heavy atom. The molecule has 0 spiro atoms. The topological polar surface area (TPSA) is 56.8 Å². The SMILES string of the molecule is COc1ccc(CC(=O)NC(C)c2cccc(OC(C)C)c2)c(OC)c1. The molecule has 0 radical (unpaired) electrons. The molecule has 1 atom stereocenters. The van der Waals surface area contributed by atoms with Gasteiger partial charge in [0.1, 0.15) is 17.2 Å². The highest BCUT2D eigenvalue weighted by molar-refractivity contribution is 5.79. The third-order valence-electron chi connectivity index (χ3n) is 3.95. The molecular formula is C21H27NO4. The first-order valence-corrected chi connectivity index (χ1v) is 8.69. The first-order chi connectivity index (χ1) is 12.4. The van der Waals surface area contributed by atoms with Crippen LogP contribution in [0.2, 0.25) is 0 Å². The van der Waals surface area contributed by atoms with Crippen molar-refractivity contribution in [2.75, 3.05) is 14.2 Å². The summed E-state index contributed by atoms with van der Waals surface area (Å²) in [6.45, 7) is 5.93. The molecule has 0 aliphatic rings. The zero-order chi connectivity index (χ0) is 19.1. The molecule has 5 nitrogen and oxygen atoms in total. The second-order valence-electron chi connectivity index (χ2n) is 6.38. The van der Waals surface area contributed by atoms with Gasteiger partial charge < -0.3 is 19.5 Å². The van der Waals surface area contributed by atoms with E-state index in [1.807, 2.05) is 57.2 Å². The summed E-state index contributed by atoms with van der Waals surface area (Å²) in [7, 11) is 3.18. The van der Waals surface area contributed by atoms with Crippen LogP contribution in [0.4, 0.5) is 0 Å². The lowest BCUT2D eigenvalue weighted by atomic mass is 10.1. The average molecular weight is 357 g/mol. The summed E-state index contributed by atoms with van der Waals surface area (Å²) in [5.41, 5.74) is 1.81. The van der Waals surface area contributed by atoms with Gasteiger partial charge in [0.25, 0.3) is 0 Å². The molecule has 1 N–H and O–H groups in total. The number of nitrogens with one attached hydrogen (secondary N) is 1. The molecule has 0 aromatic heterocycles. The molecule has 1 unspecified atom stereocenters. The van der Waals surface area contributed by atoms with Gasteiger partial charge in [-0.15, -0.1) is 0 Å². The van der Waals surface area contributed by atoms with Crippen LogP contribution in [0.15, 0.2) is 42.5 Å². The van der Waals surface area contributed by atoms with Crippen molar-refractivity contribution >= 4 is 5.91 Å². The van der Waals surface area contributed by atoms with Gasteiger partial charge >= 0.3 is 0 Å². The van der Waals surface area contributed by atoms with Gasteiger partial charge in [-0.1, -0.05) is 18.2 Å². The van der Waals surface area contributed by atoms with Crippen LogP contribution in [0.5, 0.6) is 17.2 Å². The maximum absolute atomic E-state index is 12.5. The molecular weight excluding hydrogens is 330 g/mol. The van der Waals surface area contributed by atoms with Gasteiger partial charge in [0, 0.05) is 11.6 Å². The molecule has 0 aliphatic heterocycles. The highest BCUT2D eigenvalue weighted by atomic mass is 16.5. The minimum Gasteiger partial charge on any atom is -0.497 e. The summed E-state index contributed by atoms with van der Waals surface area (Å²) in [5, 5.41) is 3.02. The second kappa shape index (κ2) is 9.13. The Labute approximate surface area is 155 Å². The van der Waals surface area contributed by atoms with Crippen LogP contribution >= 0.6 is 0 Å². The first-order valence-electron chi connectivity index (χ1n) is 8.69. The maximum atomic E-state index is 12.5. The van der Waals surface area contributed by atoms with E-state index in [0.717, 1.165) is 16.9 Å². The largest absolute Gasteiger partial charge is 0.497 e. The fraction of sp³-hybridized carbons (Fsp3) is 0.381. The second-order valence-corrected chi connectivity index (χ2v) is 6.38. The van der Waals surface area contributed by atoms with E-state index in [-0.39, 0.29) is 24.5 Å². The monoisotopic (exact) mass is 357 g/mol. The molecule has 0 heterocycles. The summed E-state index contributed by atoms with van der Waals surface area (Å²) in [6.07, 6.45) is 0.345. The fourth-order valence-electron chi connectivity index (χ4n) is 2.68. The van der Waals surface area contributed by atoms with E-state index in [9.17, 15) is 4.79 Å². The highest BCUT2D eigenvalue weighted by Gasteiger charge is 2.14. The van der Waals surface area contributed by atoms with E-state index in [1.54, 1.807) is 20.3 Å². The molecule has 2 aromatic rings. The van der Waals surface area contributed by atoms with Gasteiger partial charge in [0.15, 0.2) is 0 Å². The van der Waals surface area contributed by atoms with E-state index < -0.39 is 0 Å². The van der Waals surface area contributed by atoms with Crippen molar-refractivity contribution in [3.8, 4) is 17.2 Å². The number of carbonyl (C=O) groups excluding carboxylic acids is 1. The van der Waals surface area contributed by atoms with Crippen LogP contribution in [-0.2, 0) is 11.2 Å². The molecule has 0 bridgehead atoms. The summed E-state index contributed by atoms with van der Waals surface area (Å²) in [5.74, 6) is 2.06. The number of ether oxygens (including phenoxy) is 3. The lowest BCUT2D eigenvalue weighted by Crippen LogP contribution is -2.28. The van der Waals surface area contributed by atoms with Crippen molar-refractivity contribution in [1.29, 1.82) is 0 Å². The van der Waals surface area contributed by atoms with E-state index in [1.165, 1.54) is 0 Å². The smallest absolute Gasteiger partial charge is 0.225 e. The van der Waals surface area contributed by atoms with Gasteiger partial charge in [0.2, 0.25) is 5.91 Å². The minimum atomic E-state index is -0.123. The summed E-state index contributed by atoms with van der Waals surface area (Å²) < 4.78 is 16.3. The number of amides is 1. The van der Waals surface area contributed by atoms with Gasteiger partial charge in [-0.3, -0.25) is 4.79 Å². The Morgan fingerprint density at radius 2 is 1.77 bits per heavy atom. The zero-order valence-electron chi connectivity index (χ0n) is 16.0. The van der Waals surface area contributed by atoms with E-state index >= 15 is 0 Å². The van der Waals surface area contributed by atoms with Crippen LogP contribution in [0, 0.1) is 0 Å². The Morgan fingerprint density at radius 1 is 1.00 bits per heavy atom. The highest BCUT2D eigenvalue weighted by Crippen LogP contribution is 2.25. The molecule has 0 fully saturated rings. The quantitative estimate of drug-likeness (QED) is 0.778. The van der Waals surface area contributed by atoms with Crippen LogP contribution in [0.3, 0.4) is 0 Å². The third kappa shape index (κ3) is 5.41. The Bertz CT molecular complexity index is 743. The standard InChI is InChI=1S/C21H27NO4/c1-14(2)26-19-8-6-7-16(11-19)15(3)22-21(23)12-17-9-10-18(24-4)13-20(17)25-5/h6-11,13-15H,12H2,1-5H3,(H,22,23). The van der Waals surface area contributed by atoms with Gasteiger partial charge in [-0.2, -0.15) is 0 Å². The molecule has 2 aromatic carbocycles. The molecule has 0 saturated carbocycles. The van der Waals surface area contributed by atoms with Gasteiger partial charge in [0.05, 0.1) is 32.8 Å². The predicted octanol–water partition coefficient (Wildman–Crippen LogP) is 3.91. The van der Waals surface area contributed by atoms with Crippen molar-refractivity contribution in [1.82, 2.24) is 5.32 Å². The normalized spacial score (nSPS) is 11.8. The predicted molar refractivity (Wildman–Crippen MR) is 102 cm³/mol. The average Bonchev–Trinajstić information content (AvgIpc) is 2.61. The molecule has 5 heteroatoms. The molecule has 2 rings (SSSR count). The lowest BCUT2D eigenvalue weighted by Gasteiger charge is -2.17. The van der Waals surface area contributed by atoms with Crippen LogP contribution in [0.25, 0.3) is 0 Å². The summed E-state index contributed by atoms with van der Waals surface area (Å²) >= 11 is 0. The molecule has 26 heavy (non-hydrogen) atoms. The summed E-state index contributed by atoms with van der Waals surface area (Å²) in [6, 6.07) is 13.1. The lowest BCUT2D eigenvalue weighted by molar-refractivity contribution is -0.121. The van der Waals surface area contributed by atoms with Gasteiger partial charge in [-0.05, 0) is 44.5 Å². The Kier molecular flexibility index (Phi) is 6.89. The Balaban J connectivity index is 2.03. The fourth-order valence-corrected chi connectivity index (χ4v) is 2.68. The number of methoxy groups -OCH3 is 2. The van der Waals surface area contributed by atoms with Crippen LogP contribution in [0.1, 0.15) is 37.9 Å². The number of hydrogen-bond donors (Lipinski definition) is 1. The third-order valence-corrected chi connectivity index (χ3v) is 3.95. The van der Waals surface area contributed by atoms with Gasteiger partial charge in [-0.25, -0.2) is 0 Å². The van der Waals surface area contributed by atoms with Crippen LogP contribution < -0.4 is 19.5 Å². The number of carbonyl (C=O) groups is 1. The number of rotatable bonds is 8. The van der Waals surface area contributed by atoms with E-state index in [2.05, 4.69) is 5.32 Å². The first kappa shape index (κ1) is 19.6. The molecule has 140 valence electrons. The molecule has 0 aliphatic carbocycles. The van der Waals surface area contributed by atoms with Crippen LogP contribution in [-0.4, -0.2) is 26.2 Å². The van der Waals surface area contributed by atoms with Crippen molar-refractivity contribution in [3.63, 3.8) is 0 Å². The van der Waals surface area contributed by atoms with Crippen molar-refractivity contribution in [2.24, 2.45) is 0 Å². The van der Waals surface area contributed by atoms with Crippen molar-refractivity contribution in [3.05, 3.63) is 53.6 Å². The molecule has 1 amide bonds.